The summed E-state index contributed by atoms with van der Waals surface area (Å²) in [6, 6.07) is 12.5. The zero-order valence-electron chi connectivity index (χ0n) is 39.7. The van der Waals surface area contributed by atoms with Gasteiger partial charge in [0.2, 0.25) is 11.8 Å². The first kappa shape index (κ1) is 47.1. The number of piperidine rings is 3. The number of piperazine rings is 1. The van der Waals surface area contributed by atoms with Crippen LogP contribution in [0, 0.1) is 23.4 Å². The van der Waals surface area contributed by atoms with E-state index in [1.165, 1.54) is 33.5 Å². The first-order chi connectivity index (χ1) is 33.7. The van der Waals surface area contributed by atoms with Gasteiger partial charge in [0.1, 0.15) is 23.3 Å². The molecule has 368 valence electrons. The van der Waals surface area contributed by atoms with Crippen molar-refractivity contribution in [1.82, 2.24) is 48.2 Å². The number of pyridine rings is 2. The fourth-order valence-electron chi connectivity index (χ4n) is 11.2. The molecule has 0 bridgehead atoms. The second kappa shape index (κ2) is 19.3. The highest BCUT2D eigenvalue weighted by Gasteiger charge is 2.33. The summed E-state index contributed by atoms with van der Waals surface area (Å²) in [4.78, 5) is 77.4. The van der Waals surface area contributed by atoms with Gasteiger partial charge in [-0.1, -0.05) is 6.07 Å². The molecule has 6 aromatic rings. The van der Waals surface area contributed by atoms with Gasteiger partial charge in [-0.05, 0) is 99.0 Å². The Morgan fingerprint density at radius 1 is 0.757 bits per heavy atom. The Bertz CT molecular complexity index is 3110. The van der Waals surface area contributed by atoms with Gasteiger partial charge in [-0.15, -0.1) is 0 Å². The van der Waals surface area contributed by atoms with Crippen LogP contribution in [0.15, 0.2) is 70.5 Å². The largest absolute Gasteiger partial charge is 0.386 e. The van der Waals surface area contributed by atoms with Gasteiger partial charge in [0, 0.05) is 121 Å². The Morgan fingerprint density at radius 2 is 1.46 bits per heavy atom. The number of nitrogens with zero attached hydrogens (tertiary/aromatic N) is 9. The van der Waals surface area contributed by atoms with Crippen molar-refractivity contribution in [2.24, 2.45) is 20.0 Å². The number of carbonyl (C=O) groups excluding carboxylic acids is 3. The SMILES string of the molecule is CNc1cc(=O)n(-c2ccnc3c2cc(CN2CCC(c4c(F)cc(C(=O)N5CCC(CN6CCN(Cc7ccc8c(c7)n(C)c(=O)n8[C@H]7CCC(=O)NC7=O)CC6)CC5)cc4F)CC2)n3C)cc1F. The molecule has 4 aliphatic rings. The van der Waals surface area contributed by atoms with E-state index in [0.29, 0.717) is 80.1 Å². The number of imide groups is 1. The van der Waals surface area contributed by atoms with E-state index in [-0.39, 0.29) is 52.2 Å². The number of imidazole rings is 1. The van der Waals surface area contributed by atoms with Gasteiger partial charge in [0.25, 0.3) is 11.5 Å². The van der Waals surface area contributed by atoms with Gasteiger partial charge in [-0.3, -0.25) is 48.0 Å². The lowest BCUT2D eigenvalue weighted by molar-refractivity contribution is -0.135. The summed E-state index contributed by atoms with van der Waals surface area (Å²) in [6.45, 7) is 8.01. The standard InChI is InChI=1S/C51H58F3N11O5/c1-55-40-26-46(67)64(30-39(40)54)41-8-13-56-48-36(41)25-35(58(48)2)29-60-14-11-33(12-15-60)47-37(52)23-34(24-38(47)53)50(69)63-16-9-31(10-17-63)27-61-18-20-62(21-19-61)28-32-4-5-42-44(22-32)59(3)51(70)65(42)43-6-7-45(66)57-49(43)68/h4-5,8,13,22-26,30-31,33,43,55H,6-7,9-12,14-21,27-29H2,1-3H3,(H,57,66,68)/t43-/m0/s1. The molecule has 16 nitrogen and oxygen atoms in total. The average Bonchev–Trinajstić information content (AvgIpc) is 3.80. The summed E-state index contributed by atoms with van der Waals surface area (Å²) in [5, 5.41) is 5.75. The minimum absolute atomic E-state index is 0.0326. The van der Waals surface area contributed by atoms with Crippen molar-refractivity contribution in [3.05, 3.63) is 122 Å². The number of nitrogens with one attached hydrogen (secondary N) is 2. The molecule has 0 unspecified atom stereocenters. The lowest BCUT2D eigenvalue weighted by Gasteiger charge is -2.39. The monoisotopic (exact) mass is 961 g/mol. The minimum Gasteiger partial charge on any atom is -0.386 e. The number of aryl methyl sites for hydroxylation is 2. The highest BCUT2D eigenvalue weighted by Crippen LogP contribution is 2.35. The molecule has 4 aromatic heterocycles. The number of carbonyl (C=O) groups is 3. The Labute approximate surface area is 402 Å². The smallest absolute Gasteiger partial charge is 0.329 e. The number of anilines is 1. The first-order valence-electron chi connectivity index (χ1n) is 24.3. The number of fused-ring (bicyclic) bond motifs is 2. The highest BCUT2D eigenvalue weighted by molar-refractivity contribution is 6.00. The summed E-state index contributed by atoms with van der Waals surface area (Å²) in [7, 11) is 5.15. The quantitative estimate of drug-likeness (QED) is 0.172. The predicted molar refractivity (Wildman–Crippen MR) is 258 cm³/mol. The molecule has 0 aliphatic carbocycles. The maximum Gasteiger partial charge on any atom is 0.329 e. The van der Waals surface area contributed by atoms with E-state index in [1.807, 2.05) is 35.9 Å². The lowest BCUT2D eigenvalue weighted by Crippen LogP contribution is -2.48. The van der Waals surface area contributed by atoms with Crippen LogP contribution in [0.4, 0.5) is 18.9 Å². The molecule has 1 atom stereocenters. The third-order valence-electron chi connectivity index (χ3n) is 15.2. The number of halogens is 3. The Balaban J connectivity index is 0.691. The third kappa shape index (κ3) is 9.05. The fourth-order valence-corrected chi connectivity index (χ4v) is 11.2. The molecule has 2 N–H and O–H groups in total. The van der Waals surface area contributed by atoms with E-state index in [1.54, 1.807) is 35.8 Å². The molecule has 4 saturated heterocycles. The van der Waals surface area contributed by atoms with E-state index in [4.69, 9.17) is 0 Å². The second-order valence-electron chi connectivity index (χ2n) is 19.5. The summed E-state index contributed by atoms with van der Waals surface area (Å²) in [5.74, 6) is -2.99. The molecule has 8 heterocycles. The van der Waals surface area contributed by atoms with E-state index in [2.05, 4.69) is 30.3 Å². The molecule has 0 radical (unpaired) electrons. The number of aromatic nitrogens is 5. The van der Waals surface area contributed by atoms with Gasteiger partial charge >= 0.3 is 5.69 Å². The van der Waals surface area contributed by atoms with Crippen LogP contribution < -0.4 is 21.9 Å². The van der Waals surface area contributed by atoms with Crippen molar-refractivity contribution < 1.29 is 27.6 Å². The van der Waals surface area contributed by atoms with E-state index < -0.39 is 29.4 Å². The van der Waals surface area contributed by atoms with Crippen molar-refractivity contribution in [2.75, 3.05) is 71.3 Å². The maximum absolute atomic E-state index is 15.8. The summed E-state index contributed by atoms with van der Waals surface area (Å²) in [6.07, 6.45) is 5.94. The first-order valence-corrected chi connectivity index (χ1v) is 24.3. The van der Waals surface area contributed by atoms with Crippen LogP contribution in [-0.2, 0) is 36.8 Å². The zero-order chi connectivity index (χ0) is 49.0. The van der Waals surface area contributed by atoms with Crippen molar-refractivity contribution in [3.63, 3.8) is 0 Å². The molecule has 3 amide bonds. The normalized spacial score (nSPS) is 19.4. The number of hydrogen-bond acceptors (Lipinski definition) is 10. The van der Waals surface area contributed by atoms with Crippen molar-refractivity contribution in [3.8, 4) is 5.69 Å². The maximum atomic E-state index is 15.8. The molecule has 19 heteroatoms. The molecule has 0 spiro atoms. The number of amides is 3. The van der Waals surface area contributed by atoms with E-state index in [0.717, 1.165) is 68.9 Å². The second-order valence-corrected chi connectivity index (χ2v) is 19.5. The molecular weight excluding hydrogens is 904 g/mol. The number of benzene rings is 2. The minimum atomic E-state index is -0.720. The molecule has 2 aromatic carbocycles. The van der Waals surface area contributed by atoms with Crippen molar-refractivity contribution in [2.45, 2.75) is 63.6 Å². The van der Waals surface area contributed by atoms with Gasteiger partial charge in [0.05, 0.1) is 28.6 Å². The molecule has 4 aliphatic heterocycles. The van der Waals surface area contributed by atoms with Crippen molar-refractivity contribution >= 4 is 45.5 Å². The molecule has 0 saturated carbocycles. The Hall–Kier alpha value is -6.57. The van der Waals surface area contributed by atoms with Crippen molar-refractivity contribution in [1.29, 1.82) is 0 Å². The topological polar surface area (TPSA) is 155 Å². The van der Waals surface area contributed by atoms with Gasteiger partial charge < -0.3 is 19.7 Å². The highest BCUT2D eigenvalue weighted by atomic mass is 19.1. The lowest BCUT2D eigenvalue weighted by atomic mass is 9.87. The average molecular weight is 962 g/mol. The summed E-state index contributed by atoms with van der Waals surface area (Å²) in [5.41, 5.74) is 4.10. The number of likely N-dealkylation sites (tertiary alicyclic amines) is 2. The van der Waals surface area contributed by atoms with E-state index >= 15 is 8.78 Å². The predicted octanol–water partition coefficient (Wildman–Crippen LogP) is 4.86. The molecule has 4 fully saturated rings. The van der Waals surface area contributed by atoms with Crippen LogP contribution in [0.1, 0.15) is 77.7 Å². The molecular formula is C51H58F3N11O5. The molecule has 10 rings (SSSR count). The van der Waals surface area contributed by atoms with Gasteiger partial charge in [-0.2, -0.15) is 0 Å². The molecule has 70 heavy (non-hydrogen) atoms. The summed E-state index contributed by atoms with van der Waals surface area (Å²) >= 11 is 0. The van der Waals surface area contributed by atoms with Crippen LogP contribution in [0.25, 0.3) is 27.8 Å². The Morgan fingerprint density at radius 3 is 2.16 bits per heavy atom. The van der Waals surface area contributed by atoms with Gasteiger partial charge in [-0.25, -0.2) is 22.9 Å². The number of hydrogen-bond donors (Lipinski definition) is 2. The van der Waals surface area contributed by atoms with Crippen LogP contribution in [0.5, 0.6) is 0 Å². The Kier molecular flexibility index (Phi) is 13.0. The number of rotatable bonds is 11. The van der Waals surface area contributed by atoms with Crippen LogP contribution >= 0.6 is 0 Å². The van der Waals surface area contributed by atoms with Gasteiger partial charge in [0.15, 0.2) is 5.82 Å². The van der Waals surface area contributed by atoms with Crippen LogP contribution in [0.3, 0.4) is 0 Å². The summed E-state index contributed by atoms with van der Waals surface area (Å²) < 4.78 is 52.7. The van der Waals surface area contributed by atoms with E-state index in [9.17, 15) is 28.4 Å². The fraction of sp³-hybridized carbons (Fsp3) is 0.451. The van der Waals surface area contributed by atoms with Crippen LogP contribution in [0.2, 0.25) is 0 Å². The third-order valence-corrected chi connectivity index (χ3v) is 15.2. The van der Waals surface area contributed by atoms with Crippen LogP contribution in [-0.4, -0.2) is 127 Å². The zero-order valence-corrected chi connectivity index (χ0v) is 39.7.